The van der Waals surface area contributed by atoms with Gasteiger partial charge in [-0.05, 0) is 36.1 Å². The first-order valence-electron chi connectivity index (χ1n) is 6.87. The van der Waals surface area contributed by atoms with Crippen LogP contribution in [0.1, 0.15) is 40.4 Å². The van der Waals surface area contributed by atoms with E-state index in [0.717, 1.165) is 24.0 Å². The van der Waals surface area contributed by atoms with E-state index in [2.05, 4.69) is 26.0 Å². The molecule has 0 aliphatic heterocycles. The fraction of sp³-hybridized carbons (Fsp3) is 0.278. The van der Waals surface area contributed by atoms with Crippen molar-refractivity contribution < 1.29 is 4.79 Å². The number of hydrogen-bond donors (Lipinski definition) is 0. The highest BCUT2D eigenvalue weighted by Crippen LogP contribution is 2.13. The molecule has 0 bridgehead atoms. The minimum atomic E-state index is 0.201. The van der Waals surface area contributed by atoms with Crippen LogP contribution < -0.4 is 0 Å². The molecule has 0 aliphatic carbocycles. The summed E-state index contributed by atoms with van der Waals surface area (Å²) in [6.45, 7) is 4.21. The highest BCUT2D eigenvalue weighted by Gasteiger charge is 2.09. The van der Waals surface area contributed by atoms with Crippen molar-refractivity contribution in [1.82, 2.24) is 0 Å². The largest absolute Gasteiger partial charge is 0.294 e. The molecular formula is C18H20O. The molecular weight excluding hydrogens is 232 g/mol. The van der Waals surface area contributed by atoms with Gasteiger partial charge in [-0.1, -0.05) is 55.8 Å². The molecule has 0 aromatic heterocycles. The van der Waals surface area contributed by atoms with Crippen LogP contribution in [-0.4, -0.2) is 5.78 Å². The van der Waals surface area contributed by atoms with Gasteiger partial charge in [0.15, 0.2) is 5.78 Å². The van der Waals surface area contributed by atoms with Gasteiger partial charge >= 0.3 is 0 Å². The van der Waals surface area contributed by atoms with Gasteiger partial charge in [0.05, 0.1) is 0 Å². The van der Waals surface area contributed by atoms with Crippen LogP contribution in [0.25, 0.3) is 0 Å². The van der Waals surface area contributed by atoms with Gasteiger partial charge in [-0.3, -0.25) is 4.79 Å². The molecule has 0 spiro atoms. The summed E-state index contributed by atoms with van der Waals surface area (Å²) in [7, 11) is 0. The smallest absolute Gasteiger partial charge is 0.167 e. The zero-order valence-electron chi connectivity index (χ0n) is 11.6. The summed E-state index contributed by atoms with van der Waals surface area (Å²) in [6.07, 6.45) is 2.63. The van der Waals surface area contributed by atoms with Crippen LogP contribution in [0.2, 0.25) is 0 Å². The summed E-state index contributed by atoms with van der Waals surface area (Å²) < 4.78 is 0. The summed E-state index contributed by atoms with van der Waals surface area (Å²) in [5.41, 5.74) is 4.38. The molecule has 0 aliphatic rings. The Labute approximate surface area is 115 Å². The van der Waals surface area contributed by atoms with Crippen LogP contribution in [0.5, 0.6) is 0 Å². The lowest BCUT2D eigenvalue weighted by atomic mass is 9.98. The lowest BCUT2D eigenvalue weighted by Gasteiger charge is -2.06. The summed E-state index contributed by atoms with van der Waals surface area (Å²) >= 11 is 0. The topological polar surface area (TPSA) is 17.1 Å². The lowest BCUT2D eigenvalue weighted by Crippen LogP contribution is -2.05. The molecule has 0 fully saturated rings. The first-order chi connectivity index (χ1) is 9.20. The van der Waals surface area contributed by atoms with Crippen LogP contribution in [0, 0.1) is 6.92 Å². The molecule has 0 atom stereocenters. The molecule has 0 saturated heterocycles. The Hall–Kier alpha value is -1.89. The molecule has 0 amide bonds. The van der Waals surface area contributed by atoms with E-state index in [-0.39, 0.29) is 5.78 Å². The van der Waals surface area contributed by atoms with Crippen molar-refractivity contribution >= 4 is 5.78 Å². The first kappa shape index (κ1) is 13.5. The van der Waals surface area contributed by atoms with E-state index in [1.54, 1.807) is 0 Å². The van der Waals surface area contributed by atoms with Crippen LogP contribution in [0.4, 0.5) is 0 Å². The first-order valence-corrected chi connectivity index (χ1v) is 6.87. The Morgan fingerprint density at radius 3 is 2.58 bits per heavy atom. The van der Waals surface area contributed by atoms with E-state index in [0.29, 0.717) is 6.42 Å². The Morgan fingerprint density at radius 2 is 1.84 bits per heavy atom. The standard InChI is InChI=1S/C18H20O/c1-3-7-15-9-6-11-17(12-15)18(19)13-16-10-5-4-8-14(16)2/h4-6,8-12H,3,7,13H2,1-2H3. The molecule has 98 valence electrons. The summed E-state index contributed by atoms with van der Waals surface area (Å²) in [4.78, 5) is 12.3. The molecule has 2 rings (SSSR count). The van der Waals surface area contributed by atoms with E-state index in [1.807, 2.05) is 36.4 Å². The average Bonchev–Trinajstić information content (AvgIpc) is 2.42. The van der Waals surface area contributed by atoms with Crippen molar-refractivity contribution in [2.75, 3.05) is 0 Å². The molecule has 1 heteroatoms. The Bertz CT molecular complexity index is 569. The van der Waals surface area contributed by atoms with E-state index in [4.69, 9.17) is 0 Å². The second-order valence-electron chi connectivity index (χ2n) is 4.98. The third kappa shape index (κ3) is 3.54. The zero-order valence-corrected chi connectivity index (χ0v) is 11.6. The van der Waals surface area contributed by atoms with Gasteiger partial charge < -0.3 is 0 Å². The number of aryl methyl sites for hydroxylation is 2. The lowest BCUT2D eigenvalue weighted by molar-refractivity contribution is 0.0992. The third-order valence-electron chi connectivity index (χ3n) is 3.40. The van der Waals surface area contributed by atoms with Crippen molar-refractivity contribution in [2.45, 2.75) is 33.1 Å². The van der Waals surface area contributed by atoms with E-state index in [9.17, 15) is 4.79 Å². The Kier molecular flexibility index (Phi) is 4.51. The fourth-order valence-corrected chi connectivity index (χ4v) is 2.27. The SMILES string of the molecule is CCCc1cccc(C(=O)Cc2ccccc2C)c1. The maximum atomic E-state index is 12.3. The molecule has 1 nitrogen and oxygen atoms in total. The van der Waals surface area contributed by atoms with Crippen LogP contribution in [-0.2, 0) is 12.8 Å². The average molecular weight is 252 g/mol. The number of carbonyl (C=O) groups is 1. The second kappa shape index (κ2) is 6.33. The molecule has 2 aromatic rings. The molecule has 0 unspecified atom stereocenters. The van der Waals surface area contributed by atoms with Crippen LogP contribution in [0.3, 0.4) is 0 Å². The molecule has 0 saturated carbocycles. The second-order valence-corrected chi connectivity index (χ2v) is 4.98. The molecule has 19 heavy (non-hydrogen) atoms. The number of benzene rings is 2. The van der Waals surface area contributed by atoms with Crippen molar-refractivity contribution in [3.8, 4) is 0 Å². The third-order valence-corrected chi connectivity index (χ3v) is 3.40. The van der Waals surface area contributed by atoms with Crippen molar-refractivity contribution in [2.24, 2.45) is 0 Å². The fourth-order valence-electron chi connectivity index (χ4n) is 2.27. The number of ketones is 1. The van der Waals surface area contributed by atoms with Gasteiger partial charge in [-0.25, -0.2) is 0 Å². The monoisotopic (exact) mass is 252 g/mol. The van der Waals surface area contributed by atoms with Crippen molar-refractivity contribution in [3.63, 3.8) is 0 Å². The van der Waals surface area contributed by atoms with E-state index in [1.165, 1.54) is 11.1 Å². The highest BCUT2D eigenvalue weighted by molar-refractivity contribution is 5.97. The number of rotatable bonds is 5. The Balaban J connectivity index is 2.16. The predicted octanol–water partition coefficient (Wildman–Crippen LogP) is 4.37. The number of Topliss-reactive ketones (excluding diaryl/α,β-unsaturated/α-hetero) is 1. The quantitative estimate of drug-likeness (QED) is 0.722. The van der Waals surface area contributed by atoms with Gasteiger partial charge in [0.2, 0.25) is 0 Å². The van der Waals surface area contributed by atoms with Crippen molar-refractivity contribution in [3.05, 3.63) is 70.8 Å². The van der Waals surface area contributed by atoms with E-state index < -0.39 is 0 Å². The molecule has 0 N–H and O–H groups in total. The number of carbonyl (C=O) groups excluding carboxylic acids is 1. The Morgan fingerprint density at radius 1 is 1.05 bits per heavy atom. The van der Waals surface area contributed by atoms with Crippen LogP contribution in [0.15, 0.2) is 48.5 Å². The van der Waals surface area contributed by atoms with Gasteiger partial charge in [0.25, 0.3) is 0 Å². The maximum Gasteiger partial charge on any atom is 0.167 e. The minimum absolute atomic E-state index is 0.201. The van der Waals surface area contributed by atoms with Gasteiger partial charge in [0, 0.05) is 12.0 Å². The molecule has 2 aromatic carbocycles. The maximum absolute atomic E-state index is 12.3. The minimum Gasteiger partial charge on any atom is -0.294 e. The molecule has 0 heterocycles. The summed E-state index contributed by atoms with van der Waals surface area (Å²) in [6, 6.07) is 16.1. The van der Waals surface area contributed by atoms with Crippen LogP contribution >= 0.6 is 0 Å². The molecule has 0 radical (unpaired) electrons. The van der Waals surface area contributed by atoms with E-state index >= 15 is 0 Å². The van der Waals surface area contributed by atoms with Gasteiger partial charge in [-0.2, -0.15) is 0 Å². The predicted molar refractivity (Wildman–Crippen MR) is 79.7 cm³/mol. The summed E-state index contributed by atoms with van der Waals surface area (Å²) in [5.74, 6) is 0.201. The zero-order chi connectivity index (χ0) is 13.7. The van der Waals surface area contributed by atoms with Gasteiger partial charge in [0.1, 0.15) is 0 Å². The normalized spacial score (nSPS) is 10.4. The highest BCUT2D eigenvalue weighted by atomic mass is 16.1. The van der Waals surface area contributed by atoms with Crippen molar-refractivity contribution in [1.29, 1.82) is 0 Å². The summed E-state index contributed by atoms with van der Waals surface area (Å²) in [5, 5.41) is 0. The van der Waals surface area contributed by atoms with Gasteiger partial charge in [-0.15, -0.1) is 0 Å². The number of hydrogen-bond acceptors (Lipinski definition) is 1.